The van der Waals surface area contributed by atoms with Gasteiger partial charge in [0.05, 0.1) is 13.7 Å². The number of nitrogens with one attached hydrogen (secondary N) is 2. The molecule has 0 atom stereocenters. The molecule has 0 radical (unpaired) electrons. The number of amides is 2. The van der Waals surface area contributed by atoms with E-state index < -0.39 is 0 Å². The molecule has 0 spiro atoms. The van der Waals surface area contributed by atoms with Gasteiger partial charge < -0.3 is 15.4 Å². The zero-order valence-electron chi connectivity index (χ0n) is 17.8. The van der Waals surface area contributed by atoms with Crippen molar-refractivity contribution in [2.75, 3.05) is 37.4 Å². The lowest BCUT2D eigenvalue weighted by molar-refractivity contribution is -0.181. The van der Waals surface area contributed by atoms with Gasteiger partial charge in [-0.25, -0.2) is 0 Å². The molecular formula is C23H29N3O4. The molecule has 7 nitrogen and oxygen atoms in total. The SMILES string of the molecule is COc1cc(NC(=O)c2ccc(C)c(NC(=O)CCN3CCCCO3)c2)ccc1C. The molecule has 3 rings (SSSR count). The Hall–Kier alpha value is -2.90. The molecule has 7 heteroatoms. The molecule has 1 aliphatic heterocycles. The number of hydroxylamine groups is 2. The molecule has 1 aliphatic rings. The number of ether oxygens (including phenoxy) is 1. The van der Waals surface area contributed by atoms with Crippen molar-refractivity contribution < 1.29 is 19.2 Å². The second kappa shape index (κ2) is 10.2. The molecule has 1 heterocycles. The Bertz CT molecular complexity index is 907. The van der Waals surface area contributed by atoms with Crippen molar-refractivity contribution in [1.82, 2.24) is 5.06 Å². The fourth-order valence-electron chi connectivity index (χ4n) is 3.26. The molecule has 1 fully saturated rings. The summed E-state index contributed by atoms with van der Waals surface area (Å²) < 4.78 is 5.31. The third kappa shape index (κ3) is 5.81. The van der Waals surface area contributed by atoms with Gasteiger partial charge in [0, 0.05) is 42.5 Å². The van der Waals surface area contributed by atoms with Gasteiger partial charge in [-0.15, -0.1) is 0 Å². The van der Waals surface area contributed by atoms with Gasteiger partial charge in [0.1, 0.15) is 5.75 Å². The number of methoxy groups -OCH3 is 1. The van der Waals surface area contributed by atoms with Gasteiger partial charge in [-0.2, -0.15) is 5.06 Å². The third-order valence-electron chi connectivity index (χ3n) is 5.10. The Morgan fingerprint density at radius 2 is 1.87 bits per heavy atom. The largest absolute Gasteiger partial charge is 0.496 e. The Kier molecular flexibility index (Phi) is 7.43. The molecule has 0 aromatic heterocycles. The normalized spacial score (nSPS) is 14.2. The van der Waals surface area contributed by atoms with Crippen LogP contribution in [0.1, 0.15) is 40.7 Å². The van der Waals surface area contributed by atoms with E-state index in [-0.39, 0.29) is 11.8 Å². The lowest BCUT2D eigenvalue weighted by atomic mass is 10.1. The van der Waals surface area contributed by atoms with E-state index in [2.05, 4.69) is 10.6 Å². The highest BCUT2D eigenvalue weighted by atomic mass is 16.7. The second-order valence-corrected chi connectivity index (χ2v) is 7.44. The number of aryl methyl sites for hydroxylation is 2. The standard InChI is InChI=1S/C23H29N3O4/c1-16-6-8-18(23(28)24-19-9-7-17(2)21(15-19)29-3)14-20(16)25-22(27)10-12-26-11-4-5-13-30-26/h6-9,14-15H,4-5,10-13H2,1-3H3,(H,24,28)(H,25,27). The predicted molar refractivity (Wildman–Crippen MR) is 117 cm³/mol. The van der Waals surface area contributed by atoms with Gasteiger partial charge >= 0.3 is 0 Å². The number of hydrogen-bond acceptors (Lipinski definition) is 5. The van der Waals surface area contributed by atoms with Crippen molar-refractivity contribution in [2.24, 2.45) is 0 Å². The highest BCUT2D eigenvalue weighted by Crippen LogP contribution is 2.23. The molecule has 2 aromatic rings. The minimum Gasteiger partial charge on any atom is -0.496 e. The van der Waals surface area contributed by atoms with E-state index in [1.54, 1.807) is 25.3 Å². The second-order valence-electron chi connectivity index (χ2n) is 7.44. The summed E-state index contributed by atoms with van der Waals surface area (Å²) in [6, 6.07) is 10.8. The topological polar surface area (TPSA) is 79.9 Å². The van der Waals surface area contributed by atoms with E-state index in [0.717, 1.165) is 30.5 Å². The fourth-order valence-corrected chi connectivity index (χ4v) is 3.26. The zero-order chi connectivity index (χ0) is 21.5. The van der Waals surface area contributed by atoms with Crippen molar-refractivity contribution in [3.05, 3.63) is 53.1 Å². The summed E-state index contributed by atoms with van der Waals surface area (Å²) >= 11 is 0. The van der Waals surface area contributed by atoms with Gasteiger partial charge in [-0.1, -0.05) is 12.1 Å². The molecule has 0 saturated carbocycles. The van der Waals surface area contributed by atoms with Gasteiger partial charge in [-0.3, -0.25) is 14.4 Å². The van der Waals surface area contributed by atoms with Crippen molar-refractivity contribution in [3.8, 4) is 5.75 Å². The molecule has 1 saturated heterocycles. The highest BCUT2D eigenvalue weighted by molar-refractivity contribution is 6.05. The molecule has 0 bridgehead atoms. The summed E-state index contributed by atoms with van der Waals surface area (Å²) in [4.78, 5) is 30.6. The maximum atomic E-state index is 12.7. The first-order valence-corrected chi connectivity index (χ1v) is 10.2. The fraction of sp³-hybridized carbons (Fsp3) is 0.391. The van der Waals surface area contributed by atoms with Crippen LogP contribution in [-0.4, -0.2) is 43.7 Å². The maximum absolute atomic E-state index is 12.7. The highest BCUT2D eigenvalue weighted by Gasteiger charge is 2.14. The van der Waals surface area contributed by atoms with Crippen LogP contribution in [0.3, 0.4) is 0 Å². The molecule has 0 aliphatic carbocycles. The molecular weight excluding hydrogens is 382 g/mol. The first kappa shape index (κ1) is 21.8. The van der Waals surface area contributed by atoms with Crippen LogP contribution in [0.5, 0.6) is 5.75 Å². The Morgan fingerprint density at radius 1 is 1.07 bits per heavy atom. The Morgan fingerprint density at radius 3 is 2.60 bits per heavy atom. The molecule has 30 heavy (non-hydrogen) atoms. The first-order chi connectivity index (χ1) is 14.5. The summed E-state index contributed by atoms with van der Waals surface area (Å²) in [7, 11) is 1.60. The number of rotatable bonds is 7. The van der Waals surface area contributed by atoms with Crippen LogP contribution < -0.4 is 15.4 Å². The van der Waals surface area contributed by atoms with Crippen molar-refractivity contribution in [3.63, 3.8) is 0 Å². The summed E-state index contributed by atoms with van der Waals surface area (Å²) in [5.74, 6) is 0.355. The smallest absolute Gasteiger partial charge is 0.255 e. The lowest BCUT2D eigenvalue weighted by Gasteiger charge is -2.25. The quantitative estimate of drug-likeness (QED) is 0.722. The van der Waals surface area contributed by atoms with E-state index in [9.17, 15) is 9.59 Å². The Balaban J connectivity index is 1.62. The third-order valence-corrected chi connectivity index (χ3v) is 5.10. The molecule has 2 amide bonds. The van der Waals surface area contributed by atoms with Gasteiger partial charge in [0.25, 0.3) is 5.91 Å². The molecule has 0 unspecified atom stereocenters. The summed E-state index contributed by atoms with van der Waals surface area (Å²) in [6.07, 6.45) is 2.48. The van der Waals surface area contributed by atoms with E-state index in [1.165, 1.54) is 0 Å². The average Bonchev–Trinajstić information content (AvgIpc) is 2.75. The lowest BCUT2D eigenvalue weighted by Crippen LogP contribution is -2.32. The van der Waals surface area contributed by atoms with E-state index in [1.807, 2.05) is 37.1 Å². The number of nitrogens with zero attached hydrogens (tertiary/aromatic N) is 1. The van der Waals surface area contributed by atoms with Crippen LogP contribution in [0.2, 0.25) is 0 Å². The monoisotopic (exact) mass is 411 g/mol. The van der Waals surface area contributed by atoms with E-state index >= 15 is 0 Å². The van der Waals surface area contributed by atoms with Gasteiger partial charge in [0.15, 0.2) is 0 Å². The van der Waals surface area contributed by atoms with Gasteiger partial charge in [-0.05, 0) is 56.0 Å². The molecule has 2 aromatic carbocycles. The van der Waals surface area contributed by atoms with Crippen LogP contribution in [-0.2, 0) is 9.63 Å². The van der Waals surface area contributed by atoms with Crippen molar-refractivity contribution in [1.29, 1.82) is 0 Å². The van der Waals surface area contributed by atoms with Crippen LogP contribution in [0.25, 0.3) is 0 Å². The number of carbonyl (C=O) groups excluding carboxylic acids is 2. The van der Waals surface area contributed by atoms with E-state index in [4.69, 9.17) is 9.57 Å². The van der Waals surface area contributed by atoms with Crippen LogP contribution >= 0.6 is 0 Å². The van der Waals surface area contributed by atoms with Crippen molar-refractivity contribution >= 4 is 23.2 Å². The number of anilines is 2. The number of benzene rings is 2. The summed E-state index contributed by atoms with van der Waals surface area (Å²) in [5, 5.41) is 7.63. The number of carbonyl (C=O) groups is 2. The minimum absolute atomic E-state index is 0.104. The predicted octanol–water partition coefficient (Wildman–Crippen LogP) is 3.92. The van der Waals surface area contributed by atoms with Crippen LogP contribution in [0.4, 0.5) is 11.4 Å². The zero-order valence-corrected chi connectivity index (χ0v) is 17.8. The minimum atomic E-state index is -0.252. The maximum Gasteiger partial charge on any atom is 0.255 e. The summed E-state index contributed by atoms with van der Waals surface area (Å²) in [6.45, 7) is 5.96. The average molecular weight is 412 g/mol. The number of hydrogen-bond donors (Lipinski definition) is 2. The Labute approximate surface area is 177 Å². The van der Waals surface area contributed by atoms with Crippen molar-refractivity contribution in [2.45, 2.75) is 33.1 Å². The van der Waals surface area contributed by atoms with E-state index in [0.29, 0.717) is 42.3 Å². The summed E-state index contributed by atoms with van der Waals surface area (Å²) in [5.41, 5.74) is 3.63. The molecule has 160 valence electrons. The molecule has 2 N–H and O–H groups in total. The van der Waals surface area contributed by atoms with Crippen LogP contribution in [0, 0.1) is 13.8 Å². The van der Waals surface area contributed by atoms with Gasteiger partial charge in [0.2, 0.25) is 5.91 Å². The van der Waals surface area contributed by atoms with Crippen LogP contribution in [0.15, 0.2) is 36.4 Å². The first-order valence-electron chi connectivity index (χ1n) is 10.2.